The molecule has 1 heterocycles. The summed E-state index contributed by atoms with van der Waals surface area (Å²) in [5.41, 5.74) is 1.26. The van der Waals surface area contributed by atoms with Crippen molar-refractivity contribution in [1.82, 2.24) is 5.32 Å². The van der Waals surface area contributed by atoms with Crippen LogP contribution >= 0.6 is 11.6 Å². The van der Waals surface area contributed by atoms with Crippen LogP contribution in [0.25, 0.3) is 0 Å². The van der Waals surface area contributed by atoms with Crippen LogP contribution in [0.2, 0.25) is 5.02 Å². The van der Waals surface area contributed by atoms with E-state index < -0.39 is 0 Å². The molecule has 0 saturated carbocycles. The first-order chi connectivity index (χ1) is 8.79. The highest BCUT2D eigenvalue weighted by Crippen LogP contribution is 2.19. The Balaban J connectivity index is 1.90. The third-order valence-corrected chi connectivity index (χ3v) is 3.24. The third-order valence-electron chi connectivity index (χ3n) is 2.99. The van der Waals surface area contributed by atoms with E-state index in [9.17, 15) is 0 Å². The van der Waals surface area contributed by atoms with Crippen molar-refractivity contribution in [1.29, 1.82) is 0 Å². The van der Waals surface area contributed by atoms with E-state index in [1.807, 2.05) is 37.6 Å². The van der Waals surface area contributed by atoms with E-state index in [1.165, 1.54) is 5.57 Å². The fraction of sp³-hybridized carbons (Fsp3) is 0.429. The Morgan fingerprint density at radius 3 is 2.78 bits per heavy atom. The summed E-state index contributed by atoms with van der Waals surface area (Å²) in [6.45, 7) is 1.41. The van der Waals surface area contributed by atoms with Crippen molar-refractivity contribution in [2.45, 2.75) is 18.9 Å². The molecule has 0 saturated heterocycles. The van der Waals surface area contributed by atoms with Crippen molar-refractivity contribution in [3.05, 3.63) is 41.1 Å². The summed E-state index contributed by atoms with van der Waals surface area (Å²) in [6.07, 6.45) is 4.00. The minimum absolute atomic E-state index is 0.195. The smallest absolute Gasteiger partial charge is 0.119 e. The first kappa shape index (κ1) is 13.2. The number of nitrogens with one attached hydrogen (secondary N) is 1. The van der Waals surface area contributed by atoms with Gasteiger partial charge in [0, 0.05) is 5.02 Å². The number of ether oxygens (including phenoxy) is 2. The molecule has 0 bridgehead atoms. The largest absolute Gasteiger partial charge is 0.501 e. The lowest BCUT2D eigenvalue weighted by molar-refractivity contribution is 0.210. The molecular formula is C14H18ClNO2. The molecular weight excluding hydrogens is 250 g/mol. The Hall–Kier alpha value is -1.19. The number of hydrogen-bond acceptors (Lipinski definition) is 3. The van der Waals surface area contributed by atoms with E-state index in [0.29, 0.717) is 6.61 Å². The van der Waals surface area contributed by atoms with Gasteiger partial charge < -0.3 is 14.8 Å². The SMILES string of the molecule is CNC(COc1ccc(Cl)cc1)C1=COCCC1. The predicted molar refractivity (Wildman–Crippen MR) is 73.1 cm³/mol. The van der Waals surface area contributed by atoms with E-state index in [-0.39, 0.29) is 6.04 Å². The van der Waals surface area contributed by atoms with Crippen molar-refractivity contribution < 1.29 is 9.47 Å². The number of benzene rings is 1. The fourth-order valence-electron chi connectivity index (χ4n) is 1.93. The second-order valence-corrected chi connectivity index (χ2v) is 4.71. The molecule has 2 rings (SSSR count). The highest BCUT2D eigenvalue weighted by atomic mass is 35.5. The molecule has 98 valence electrons. The number of rotatable bonds is 5. The molecule has 1 aromatic carbocycles. The monoisotopic (exact) mass is 267 g/mol. The maximum atomic E-state index is 5.83. The second kappa shape index (κ2) is 6.66. The van der Waals surface area contributed by atoms with Gasteiger partial charge in [-0.25, -0.2) is 0 Å². The zero-order valence-corrected chi connectivity index (χ0v) is 11.2. The van der Waals surface area contributed by atoms with E-state index >= 15 is 0 Å². The number of likely N-dealkylation sites (N-methyl/N-ethyl adjacent to an activating group) is 1. The average Bonchev–Trinajstić information content (AvgIpc) is 2.43. The van der Waals surface area contributed by atoms with E-state index in [0.717, 1.165) is 30.2 Å². The quantitative estimate of drug-likeness (QED) is 0.890. The van der Waals surface area contributed by atoms with E-state index in [2.05, 4.69) is 5.32 Å². The molecule has 0 aromatic heterocycles. The van der Waals surface area contributed by atoms with Crippen LogP contribution in [-0.2, 0) is 4.74 Å². The molecule has 4 heteroatoms. The van der Waals surface area contributed by atoms with Crippen LogP contribution in [-0.4, -0.2) is 26.3 Å². The molecule has 3 nitrogen and oxygen atoms in total. The normalized spacial score (nSPS) is 16.7. The molecule has 1 N–H and O–H groups in total. The highest BCUT2D eigenvalue weighted by Gasteiger charge is 2.16. The Morgan fingerprint density at radius 2 is 2.17 bits per heavy atom. The average molecular weight is 268 g/mol. The Labute approximate surface area is 113 Å². The minimum Gasteiger partial charge on any atom is -0.501 e. The molecule has 0 spiro atoms. The second-order valence-electron chi connectivity index (χ2n) is 4.27. The van der Waals surface area contributed by atoms with Crippen molar-refractivity contribution in [2.75, 3.05) is 20.3 Å². The van der Waals surface area contributed by atoms with Gasteiger partial charge >= 0.3 is 0 Å². The summed E-state index contributed by atoms with van der Waals surface area (Å²) in [6, 6.07) is 7.60. The van der Waals surface area contributed by atoms with Crippen molar-refractivity contribution in [2.24, 2.45) is 0 Å². The topological polar surface area (TPSA) is 30.5 Å². The van der Waals surface area contributed by atoms with Crippen LogP contribution in [0.15, 0.2) is 36.1 Å². The van der Waals surface area contributed by atoms with Gasteiger partial charge in [-0.2, -0.15) is 0 Å². The van der Waals surface area contributed by atoms with Crippen molar-refractivity contribution in [3.63, 3.8) is 0 Å². The lowest BCUT2D eigenvalue weighted by Crippen LogP contribution is -2.34. The van der Waals surface area contributed by atoms with Crippen LogP contribution < -0.4 is 10.1 Å². The molecule has 18 heavy (non-hydrogen) atoms. The Morgan fingerprint density at radius 1 is 1.39 bits per heavy atom. The molecule has 1 aliphatic heterocycles. The Bertz CT molecular complexity index is 403. The third kappa shape index (κ3) is 3.65. The summed E-state index contributed by atoms with van der Waals surface area (Å²) in [4.78, 5) is 0. The number of halogens is 1. The lowest BCUT2D eigenvalue weighted by Gasteiger charge is -2.23. The lowest BCUT2D eigenvalue weighted by atomic mass is 10.0. The zero-order valence-electron chi connectivity index (χ0n) is 10.5. The van der Waals surface area contributed by atoms with E-state index in [4.69, 9.17) is 21.1 Å². The van der Waals surface area contributed by atoms with Crippen LogP contribution in [0.4, 0.5) is 0 Å². The maximum absolute atomic E-state index is 5.83. The van der Waals surface area contributed by atoms with Gasteiger partial charge in [-0.15, -0.1) is 0 Å². The standard InChI is InChI=1S/C14H18ClNO2/c1-16-14(11-3-2-8-17-9-11)10-18-13-6-4-12(15)5-7-13/h4-7,9,14,16H,2-3,8,10H2,1H3. The van der Waals surface area contributed by atoms with Gasteiger partial charge in [0.1, 0.15) is 12.4 Å². The predicted octanol–water partition coefficient (Wildman–Crippen LogP) is 3.00. The molecule has 1 aromatic rings. The highest BCUT2D eigenvalue weighted by molar-refractivity contribution is 6.30. The fourth-order valence-corrected chi connectivity index (χ4v) is 2.05. The van der Waals surface area contributed by atoms with Gasteiger partial charge in [0.05, 0.1) is 18.9 Å². The van der Waals surface area contributed by atoms with Gasteiger partial charge in [0.15, 0.2) is 0 Å². The summed E-state index contributed by atoms with van der Waals surface area (Å²) < 4.78 is 11.1. The number of hydrogen-bond donors (Lipinski definition) is 1. The molecule has 0 aliphatic carbocycles. The maximum Gasteiger partial charge on any atom is 0.119 e. The van der Waals surface area contributed by atoms with Crippen molar-refractivity contribution >= 4 is 11.6 Å². The molecule has 0 radical (unpaired) electrons. The van der Waals surface area contributed by atoms with Gasteiger partial charge in [-0.05, 0) is 49.7 Å². The summed E-state index contributed by atoms with van der Waals surface area (Å²) in [7, 11) is 1.94. The van der Waals surface area contributed by atoms with Gasteiger partial charge in [0.25, 0.3) is 0 Å². The first-order valence-electron chi connectivity index (χ1n) is 6.16. The molecule has 0 amide bonds. The Kier molecular flexibility index (Phi) is 4.90. The minimum atomic E-state index is 0.195. The van der Waals surface area contributed by atoms with Gasteiger partial charge in [0.2, 0.25) is 0 Å². The molecule has 1 atom stereocenters. The molecule has 1 aliphatic rings. The first-order valence-corrected chi connectivity index (χ1v) is 6.53. The summed E-state index contributed by atoms with van der Waals surface area (Å²) in [5, 5.41) is 3.97. The van der Waals surface area contributed by atoms with Crippen LogP contribution in [0.3, 0.4) is 0 Å². The molecule has 0 fully saturated rings. The summed E-state index contributed by atoms with van der Waals surface area (Å²) >= 11 is 5.83. The van der Waals surface area contributed by atoms with Crippen LogP contribution in [0, 0.1) is 0 Å². The van der Waals surface area contributed by atoms with Crippen molar-refractivity contribution in [3.8, 4) is 5.75 Å². The van der Waals surface area contributed by atoms with Gasteiger partial charge in [-0.1, -0.05) is 11.6 Å². The summed E-state index contributed by atoms with van der Waals surface area (Å²) in [5.74, 6) is 0.831. The van der Waals surface area contributed by atoms with Gasteiger partial charge in [-0.3, -0.25) is 0 Å². The van der Waals surface area contributed by atoms with Crippen LogP contribution in [0.1, 0.15) is 12.8 Å². The van der Waals surface area contributed by atoms with Crippen LogP contribution in [0.5, 0.6) is 5.75 Å². The van der Waals surface area contributed by atoms with E-state index in [1.54, 1.807) is 0 Å². The molecule has 1 unspecified atom stereocenters. The zero-order chi connectivity index (χ0) is 12.8.